The highest BCUT2D eigenvalue weighted by Gasteiger charge is 2.35. The van der Waals surface area contributed by atoms with Crippen LogP contribution in [0.2, 0.25) is 0 Å². The van der Waals surface area contributed by atoms with Crippen molar-refractivity contribution in [1.29, 1.82) is 0 Å². The van der Waals surface area contributed by atoms with Gasteiger partial charge in [-0.25, -0.2) is 9.18 Å². The van der Waals surface area contributed by atoms with Crippen molar-refractivity contribution in [2.45, 2.75) is 46.2 Å². The van der Waals surface area contributed by atoms with Crippen LogP contribution < -0.4 is 5.32 Å². The summed E-state index contributed by atoms with van der Waals surface area (Å²) in [5.74, 6) is 0.433. The Morgan fingerprint density at radius 2 is 1.49 bits per heavy atom. The molecule has 0 aliphatic carbocycles. The smallest absolute Gasteiger partial charge is 0.322 e. The van der Waals surface area contributed by atoms with Gasteiger partial charge in [-0.1, -0.05) is 79.7 Å². The molecule has 0 bridgehead atoms. The van der Waals surface area contributed by atoms with Crippen LogP contribution in [0.3, 0.4) is 0 Å². The van der Waals surface area contributed by atoms with E-state index in [9.17, 15) is 9.18 Å². The number of amides is 2. The summed E-state index contributed by atoms with van der Waals surface area (Å²) < 4.78 is 19.4. The van der Waals surface area contributed by atoms with Crippen molar-refractivity contribution >= 4 is 11.6 Å². The highest BCUT2D eigenvalue weighted by atomic mass is 19.1. The first-order valence-corrected chi connectivity index (χ1v) is 12.5. The Hall–Kier alpha value is -4.26. The number of carbonyl (C=O) groups is 1. The lowest BCUT2D eigenvalue weighted by Crippen LogP contribution is -2.45. The molecule has 5 rings (SSSR count). The lowest BCUT2D eigenvalue weighted by atomic mass is 9.94. The molecule has 0 spiro atoms. The molecule has 2 heterocycles. The van der Waals surface area contributed by atoms with E-state index in [1.165, 1.54) is 23.3 Å². The summed E-state index contributed by atoms with van der Waals surface area (Å²) in [6, 6.07) is 21.5. The van der Waals surface area contributed by atoms with Gasteiger partial charge in [0.2, 0.25) is 5.82 Å². The zero-order chi connectivity index (χ0) is 25.9. The fraction of sp³-hybridized carbons (Fsp3) is 0.233. The third kappa shape index (κ3) is 5.03. The molecule has 2 amide bonds. The minimum absolute atomic E-state index is 0.245. The Kier molecular flexibility index (Phi) is 6.86. The molecule has 0 radical (unpaired) electrons. The second-order valence-electron chi connectivity index (χ2n) is 9.16. The molecule has 7 heteroatoms. The summed E-state index contributed by atoms with van der Waals surface area (Å²) in [5.41, 5.74) is 6.42. The summed E-state index contributed by atoms with van der Waals surface area (Å²) in [5, 5.41) is 7.30. The number of halogens is 1. The van der Waals surface area contributed by atoms with Crippen LogP contribution in [0.5, 0.6) is 0 Å². The van der Waals surface area contributed by atoms with Crippen molar-refractivity contribution < 1.29 is 13.7 Å². The molecule has 6 nitrogen and oxygen atoms in total. The van der Waals surface area contributed by atoms with E-state index in [-0.39, 0.29) is 11.8 Å². The maximum Gasteiger partial charge on any atom is 0.322 e. The summed E-state index contributed by atoms with van der Waals surface area (Å²) in [7, 11) is 0. The molecule has 1 unspecified atom stereocenters. The fourth-order valence-corrected chi connectivity index (χ4v) is 4.56. The number of aromatic nitrogens is 2. The van der Waals surface area contributed by atoms with E-state index in [2.05, 4.69) is 36.5 Å². The molecule has 3 aromatic carbocycles. The molecular formula is C30H29FN4O2. The zero-order valence-electron chi connectivity index (χ0n) is 21.2. The number of benzene rings is 3. The van der Waals surface area contributed by atoms with Crippen molar-refractivity contribution in [1.82, 2.24) is 20.4 Å². The second-order valence-corrected chi connectivity index (χ2v) is 9.16. The van der Waals surface area contributed by atoms with Gasteiger partial charge in [0.15, 0.2) is 0 Å². The summed E-state index contributed by atoms with van der Waals surface area (Å²) in [6.45, 7) is 6.48. The fourth-order valence-electron chi connectivity index (χ4n) is 4.56. The van der Waals surface area contributed by atoms with Gasteiger partial charge in [-0.05, 0) is 54.2 Å². The van der Waals surface area contributed by atoms with Gasteiger partial charge < -0.3 is 9.84 Å². The van der Waals surface area contributed by atoms with Crippen LogP contribution in [0, 0.1) is 5.82 Å². The highest BCUT2D eigenvalue weighted by molar-refractivity contribution is 5.86. The number of urea groups is 1. The SMILES string of the molecule is CCc1ccc(CN2C(=O)NC(c3ccc(F)cc3)C(c3nc(-c4ccc(CC)cc4)no3)=C2C)cc1. The van der Waals surface area contributed by atoms with Crippen molar-refractivity contribution in [2.75, 3.05) is 0 Å². The standard InChI is InChI=1S/C30H29FN4O2/c1-4-20-6-8-22(9-7-20)18-35-19(3)26(27(32-30(35)36)23-14-16-25(31)17-15-23)29-33-28(34-37-29)24-12-10-21(5-2)11-13-24/h6-17,27H,4-5,18H2,1-3H3,(H,32,36). The van der Waals surface area contributed by atoms with E-state index < -0.39 is 6.04 Å². The minimum atomic E-state index is -0.567. The van der Waals surface area contributed by atoms with Gasteiger partial charge >= 0.3 is 6.03 Å². The number of hydrogen-bond donors (Lipinski definition) is 1. The molecule has 37 heavy (non-hydrogen) atoms. The maximum absolute atomic E-state index is 13.7. The molecule has 1 aliphatic rings. The number of rotatable bonds is 7. The number of carbonyl (C=O) groups excluding carboxylic acids is 1. The van der Waals surface area contributed by atoms with E-state index >= 15 is 0 Å². The monoisotopic (exact) mass is 496 g/mol. The van der Waals surface area contributed by atoms with Gasteiger partial charge in [0.1, 0.15) is 5.82 Å². The van der Waals surface area contributed by atoms with E-state index in [1.54, 1.807) is 17.0 Å². The third-order valence-electron chi connectivity index (χ3n) is 6.85. The predicted molar refractivity (Wildman–Crippen MR) is 141 cm³/mol. The Labute approximate surface area is 215 Å². The molecule has 1 N–H and O–H groups in total. The summed E-state index contributed by atoms with van der Waals surface area (Å²) in [4.78, 5) is 19.7. The largest absolute Gasteiger partial charge is 0.334 e. The van der Waals surface area contributed by atoms with Crippen LogP contribution in [-0.2, 0) is 19.4 Å². The molecule has 4 aromatic rings. The molecule has 188 valence electrons. The first-order valence-electron chi connectivity index (χ1n) is 12.5. The summed E-state index contributed by atoms with van der Waals surface area (Å²) in [6.07, 6.45) is 1.90. The van der Waals surface area contributed by atoms with Gasteiger partial charge in [0, 0.05) is 11.3 Å². The first-order chi connectivity index (χ1) is 18.0. The zero-order valence-corrected chi connectivity index (χ0v) is 21.2. The lowest BCUT2D eigenvalue weighted by Gasteiger charge is -2.35. The van der Waals surface area contributed by atoms with Crippen LogP contribution in [0.1, 0.15) is 55.0 Å². The maximum atomic E-state index is 13.7. The van der Waals surface area contributed by atoms with Crippen LogP contribution in [0.25, 0.3) is 17.0 Å². The van der Waals surface area contributed by atoms with Gasteiger partial charge in [-0.15, -0.1) is 0 Å². The number of nitrogens with zero attached hydrogens (tertiary/aromatic N) is 3. The van der Waals surface area contributed by atoms with Gasteiger partial charge in [0.05, 0.1) is 18.2 Å². The normalized spacial score (nSPS) is 15.7. The van der Waals surface area contributed by atoms with Gasteiger partial charge in [0.25, 0.3) is 5.89 Å². The molecular weight excluding hydrogens is 467 g/mol. The van der Waals surface area contributed by atoms with Crippen molar-refractivity contribution in [3.63, 3.8) is 0 Å². The highest BCUT2D eigenvalue weighted by Crippen LogP contribution is 2.38. The number of nitrogens with one attached hydrogen (secondary N) is 1. The Morgan fingerprint density at radius 1 is 0.892 bits per heavy atom. The van der Waals surface area contributed by atoms with Gasteiger partial charge in [-0.2, -0.15) is 4.98 Å². The molecule has 1 aromatic heterocycles. The number of hydrogen-bond acceptors (Lipinski definition) is 4. The van der Waals surface area contributed by atoms with Crippen LogP contribution >= 0.6 is 0 Å². The Morgan fingerprint density at radius 3 is 2.11 bits per heavy atom. The number of allylic oxidation sites excluding steroid dienone is 1. The van der Waals surface area contributed by atoms with Crippen molar-refractivity contribution in [2.24, 2.45) is 0 Å². The Bertz CT molecular complexity index is 1420. The molecule has 0 saturated carbocycles. The van der Waals surface area contributed by atoms with Crippen molar-refractivity contribution in [3.8, 4) is 11.4 Å². The minimum Gasteiger partial charge on any atom is -0.334 e. The van der Waals surface area contributed by atoms with E-state index in [4.69, 9.17) is 9.51 Å². The molecule has 0 fully saturated rings. The molecule has 1 atom stereocenters. The average Bonchev–Trinajstić information content (AvgIpc) is 3.41. The molecule has 0 saturated heterocycles. The topological polar surface area (TPSA) is 71.3 Å². The van der Waals surface area contributed by atoms with E-state index in [0.29, 0.717) is 29.5 Å². The Balaban J connectivity index is 1.55. The third-order valence-corrected chi connectivity index (χ3v) is 6.85. The quantitative estimate of drug-likeness (QED) is 0.309. The first kappa shape index (κ1) is 24.4. The van der Waals surface area contributed by atoms with Crippen molar-refractivity contribution in [3.05, 3.63) is 112 Å². The lowest BCUT2D eigenvalue weighted by molar-refractivity contribution is 0.203. The predicted octanol–water partition coefficient (Wildman–Crippen LogP) is 6.70. The molecule has 1 aliphatic heterocycles. The van der Waals surface area contributed by atoms with Crippen LogP contribution in [-0.4, -0.2) is 21.1 Å². The average molecular weight is 497 g/mol. The van der Waals surface area contributed by atoms with Crippen LogP contribution in [0.15, 0.2) is 83.0 Å². The number of aryl methyl sites for hydroxylation is 2. The second kappa shape index (κ2) is 10.4. The van der Waals surface area contributed by atoms with Crippen LogP contribution in [0.4, 0.5) is 9.18 Å². The summed E-state index contributed by atoms with van der Waals surface area (Å²) >= 11 is 0. The van der Waals surface area contributed by atoms with Gasteiger partial charge in [-0.3, -0.25) is 4.90 Å². The van der Waals surface area contributed by atoms with E-state index in [1.807, 2.05) is 43.3 Å². The van der Waals surface area contributed by atoms with E-state index in [0.717, 1.165) is 29.5 Å².